The Balaban J connectivity index is 1.97. The minimum absolute atomic E-state index is 0.113. The Hall–Kier alpha value is -1.80. The molecule has 0 unspecified atom stereocenters. The number of carbonyl (C=O) groups excluding carboxylic acids is 1. The molecule has 102 valence electrons. The molecule has 0 aromatic carbocycles. The highest BCUT2D eigenvalue weighted by Crippen LogP contribution is 2.21. The van der Waals surface area contributed by atoms with Crippen molar-refractivity contribution >= 4 is 17.2 Å². The highest BCUT2D eigenvalue weighted by molar-refractivity contribution is 7.09. The van der Waals surface area contributed by atoms with Crippen LogP contribution in [0.15, 0.2) is 17.8 Å². The van der Waals surface area contributed by atoms with Crippen LogP contribution in [-0.2, 0) is 23.4 Å². The van der Waals surface area contributed by atoms with Gasteiger partial charge in [-0.05, 0) is 13.8 Å². The number of aromatic nitrogens is 4. The first-order chi connectivity index (χ1) is 9.01. The minimum Gasteiger partial charge on any atom is -0.343 e. The van der Waals surface area contributed by atoms with Crippen molar-refractivity contribution in [3.63, 3.8) is 0 Å². The van der Waals surface area contributed by atoms with Gasteiger partial charge in [-0.1, -0.05) is 5.21 Å². The molecule has 0 aliphatic heterocycles. The van der Waals surface area contributed by atoms with Crippen molar-refractivity contribution in [1.82, 2.24) is 25.3 Å². The number of amides is 1. The predicted molar refractivity (Wildman–Crippen MR) is 71.2 cm³/mol. The summed E-state index contributed by atoms with van der Waals surface area (Å²) in [6, 6.07) is 0. The first-order valence-electron chi connectivity index (χ1n) is 5.81. The Kier molecular flexibility index (Phi) is 3.91. The van der Waals surface area contributed by atoms with Crippen LogP contribution in [0.3, 0.4) is 0 Å². The summed E-state index contributed by atoms with van der Waals surface area (Å²) < 4.78 is 1.47. The molecule has 2 heterocycles. The monoisotopic (exact) mass is 280 g/mol. The second-order valence-electron chi connectivity index (χ2n) is 4.62. The highest BCUT2D eigenvalue weighted by Gasteiger charge is 2.25. The van der Waals surface area contributed by atoms with Crippen LogP contribution in [0.4, 0.5) is 0 Å². The van der Waals surface area contributed by atoms with Gasteiger partial charge in [-0.3, -0.25) is 4.79 Å². The van der Waals surface area contributed by atoms with Crippen molar-refractivity contribution in [2.45, 2.75) is 32.5 Å². The Morgan fingerprint density at radius 1 is 1.58 bits per heavy atom. The molecule has 8 heteroatoms. The lowest BCUT2D eigenvalue weighted by Gasteiger charge is -2.23. The molecule has 1 amide bonds. The van der Waals surface area contributed by atoms with E-state index in [0.29, 0.717) is 12.2 Å². The molecule has 19 heavy (non-hydrogen) atoms. The number of hydrogen-bond donors (Lipinski definition) is 2. The highest BCUT2D eigenvalue weighted by atomic mass is 32.1. The molecule has 0 bridgehead atoms. The van der Waals surface area contributed by atoms with E-state index in [1.54, 1.807) is 12.4 Å². The van der Waals surface area contributed by atoms with E-state index in [1.807, 2.05) is 19.2 Å². The number of hydrogen-bond acceptors (Lipinski definition) is 6. The summed E-state index contributed by atoms with van der Waals surface area (Å²) in [6.07, 6.45) is 3.38. The van der Waals surface area contributed by atoms with Gasteiger partial charge in [0, 0.05) is 18.1 Å². The van der Waals surface area contributed by atoms with Gasteiger partial charge in [-0.2, -0.15) is 0 Å². The average molecular weight is 280 g/mol. The van der Waals surface area contributed by atoms with Gasteiger partial charge >= 0.3 is 0 Å². The van der Waals surface area contributed by atoms with E-state index in [0.717, 1.165) is 5.01 Å². The summed E-state index contributed by atoms with van der Waals surface area (Å²) in [4.78, 5) is 16.2. The number of nitrogens with two attached hydrogens (primary N) is 1. The van der Waals surface area contributed by atoms with Crippen molar-refractivity contribution in [2.75, 3.05) is 0 Å². The van der Waals surface area contributed by atoms with Gasteiger partial charge in [0.2, 0.25) is 5.91 Å². The van der Waals surface area contributed by atoms with Gasteiger partial charge in [-0.25, -0.2) is 9.67 Å². The molecule has 0 aliphatic rings. The largest absolute Gasteiger partial charge is 0.343 e. The predicted octanol–water partition coefficient (Wildman–Crippen LogP) is 0.245. The van der Waals surface area contributed by atoms with E-state index < -0.39 is 5.54 Å². The van der Waals surface area contributed by atoms with E-state index >= 15 is 0 Å². The Bertz CT molecular complexity index is 547. The summed E-state index contributed by atoms with van der Waals surface area (Å²) >= 11 is 1.51. The Labute approximate surface area is 114 Å². The van der Waals surface area contributed by atoms with Crippen LogP contribution < -0.4 is 11.1 Å². The lowest BCUT2D eigenvalue weighted by molar-refractivity contribution is -0.123. The number of rotatable bonds is 5. The van der Waals surface area contributed by atoms with E-state index in [9.17, 15) is 4.79 Å². The first kappa shape index (κ1) is 13.6. The molecule has 0 fully saturated rings. The summed E-state index contributed by atoms with van der Waals surface area (Å²) in [5.41, 5.74) is 5.60. The van der Waals surface area contributed by atoms with Crippen molar-refractivity contribution < 1.29 is 4.79 Å². The van der Waals surface area contributed by atoms with Crippen LogP contribution in [0.2, 0.25) is 0 Å². The fraction of sp³-hybridized carbons (Fsp3) is 0.455. The van der Waals surface area contributed by atoms with Crippen LogP contribution in [-0.4, -0.2) is 25.9 Å². The molecule has 2 aromatic rings. The molecule has 0 saturated heterocycles. The lowest BCUT2D eigenvalue weighted by Crippen LogP contribution is -2.42. The summed E-state index contributed by atoms with van der Waals surface area (Å²) in [5.74, 6) is -0.145. The zero-order valence-electron chi connectivity index (χ0n) is 10.8. The molecule has 2 aromatic heterocycles. The quantitative estimate of drug-likeness (QED) is 0.817. The van der Waals surface area contributed by atoms with E-state index in [2.05, 4.69) is 20.6 Å². The van der Waals surface area contributed by atoms with Crippen molar-refractivity contribution in [3.8, 4) is 0 Å². The van der Waals surface area contributed by atoms with Crippen LogP contribution in [0.5, 0.6) is 0 Å². The molecule has 0 atom stereocenters. The van der Waals surface area contributed by atoms with Crippen molar-refractivity contribution in [1.29, 1.82) is 0 Å². The molecule has 0 spiro atoms. The zero-order valence-corrected chi connectivity index (χ0v) is 11.6. The van der Waals surface area contributed by atoms with E-state index in [-0.39, 0.29) is 12.5 Å². The third kappa shape index (κ3) is 3.36. The smallest absolute Gasteiger partial charge is 0.242 e. The topological polar surface area (TPSA) is 98.7 Å². The van der Waals surface area contributed by atoms with Crippen molar-refractivity contribution in [3.05, 3.63) is 28.5 Å². The standard InChI is InChI=1S/C11H16N6OS/c1-11(2,10-13-3-4-19-10)14-9(18)7-17-6-8(5-12)15-16-17/h3-4,6H,5,7,12H2,1-2H3,(H,14,18). The molecule has 0 radical (unpaired) electrons. The SMILES string of the molecule is CC(C)(NC(=O)Cn1cc(CN)nn1)c1nccs1. The fourth-order valence-electron chi connectivity index (χ4n) is 1.63. The van der Waals surface area contributed by atoms with Gasteiger partial charge in [0.15, 0.2) is 0 Å². The van der Waals surface area contributed by atoms with Gasteiger partial charge in [0.25, 0.3) is 0 Å². The van der Waals surface area contributed by atoms with Gasteiger partial charge in [0.1, 0.15) is 11.6 Å². The third-order valence-electron chi connectivity index (χ3n) is 2.52. The van der Waals surface area contributed by atoms with Crippen molar-refractivity contribution in [2.24, 2.45) is 5.73 Å². The van der Waals surface area contributed by atoms with E-state index in [4.69, 9.17) is 5.73 Å². The first-order valence-corrected chi connectivity index (χ1v) is 6.69. The zero-order chi connectivity index (χ0) is 13.9. The Morgan fingerprint density at radius 3 is 2.95 bits per heavy atom. The minimum atomic E-state index is -0.497. The molecular formula is C11H16N6OS. The summed E-state index contributed by atoms with van der Waals surface area (Å²) in [7, 11) is 0. The second kappa shape index (κ2) is 5.45. The summed E-state index contributed by atoms with van der Waals surface area (Å²) in [6.45, 7) is 4.25. The molecule has 7 nitrogen and oxygen atoms in total. The maximum Gasteiger partial charge on any atom is 0.242 e. The van der Waals surface area contributed by atoms with Crippen LogP contribution in [0.1, 0.15) is 24.5 Å². The number of carbonyl (C=O) groups is 1. The van der Waals surface area contributed by atoms with Crippen LogP contribution in [0, 0.1) is 0 Å². The number of nitrogens with one attached hydrogen (secondary N) is 1. The second-order valence-corrected chi connectivity index (χ2v) is 5.52. The molecular weight excluding hydrogens is 264 g/mol. The number of thiazole rings is 1. The molecule has 0 saturated carbocycles. The molecule has 3 N–H and O–H groups in total. The fourth-order valence-corrected chi connectivity index (χ4v) is 2.35. The Morgan fingerprint density at radius 2 is 2.37 bits per heavy atom. The van der Waals surface area contributed by atoms with Gasteiger partial charge < -0.3 is 11.1 Å². The third-order valence-corrected chi connectivity index (χ3v) is 3.62. The molecule has 0 aliphatic carbocycles. The number of nitrogens with zero attached hydrogens (tertiary/aromatic N) is 4. The maximum atomic E-state index is 12.0. The van der Waals surface area contributed by atoms with Gasteiger partial charge in [-0.15, -0.1) is 16.4 Å². The maximum absolute atomic E-state index is 12.0. The van der Waals surface area contributed by atoms with Crippen LogP contribution >= 0.6 is 11.3 Å². The van der Waals surface area contributed by atoms with Gasteiger partial charge in [0.05, 0.1) is 17.4 Å². The van der Waals surface area contributed by atoms with E-state index in [1.165, 1.54) is 16.0 Å². The molecule has 2 rings (SSSR count). The normalized spacial score (nSPS) is 11.5. The summed E-state index contributed by atoms with van der Waals surface area (Å²) in [5, 5.41) is 13.3. The van der Waals surface area contributed by atoms with Crippen LogP contribution in [0.25, 0.3) is 0 Å². The lowest BCUT2D eigenvalue weighted by atomic mass is 10.1. The average Bonchev–Trinajstić information content (AvgIpc) is 2.98.